The number of nitrogens with one attached hydrogen (secondary N) is 1. The van der Waals surface area contributed by atoms with Gasteiger partial charge in [0.15, 0.2) is 5.69 Å². The summed E-state index contributed by atoms with van der Waals surface area (Å²) < 4.78 is 2.19. The lowest BCUT2D eigenvalue weighted by Crippen LogP contribution is -2.35. The van der Waals surface area contributed by atoms with E-state index < -0.39 is 0 Å². The van der Waals surface area contributed by atoms with Gasteiger partial charge in [-0.15, -0.1) is 0 Å². The predicted molar refractivity (Wildman–Crippen MR) is 87.1 cm³/mol. The van der Waals surface area contributed by atoms with Crippen LogP contribution in [0.2, 0.25) is 0 Å². The number of H-pyrrole nitrogens is 1. The molecule has 0 radical (unpaired) electrons. The molecular formula is C17H19N5O. The third-order valence-corrected chi connectivity index (χ3v) is 4.60. The summed E-state index contributed by atoms with van der Waals surface area (Å²) in [6, 6.07) is 7.72. The Labute approximate surface area is 134 Å². The average molecular weight is 309 g/mol. The SMILES string of the molecule is CN(C[C@H]1CCn2ccnc2C1)C(=O)c1n[nH]c2ccccc12. The zero-order valence-electron chi connectivity index (χ0n) is 13.1. The Hall–Kier alpha value is -2.63. The maximum atomic E-state index is 12.7. The molecule has 0 bridgehead atoms. The van der Waals surface area contributed by atoms with Crippen LogP contribution in [0.15, 0.2) is 36.7 Å². The number of fused-ring (bicyclic) bond motifs is 2. The smallest absolute Gasteiger partial charge is 0.274 e. The molecule has 0 aliphatic carbocycles. The third kappa shape index (κ3) is 2.50. The van der Waals surface area contributed by atoms with Crippen molar-refractivity contribution in [2.24, 2.45) is 5.92 Å². The Bertz CT molecular complexity index is 849. The molecule has 1 amide bonds. The normalized spacial score (nSPS) is 17.2. The highest BCUT2D eigenvalue weighted by atomic mass is 16.2. The summed E-state index contributed by atoms with van der Waals surface area (Å²) in [5.41, 5.74) is 1.39. The summed E-state index contributed by atoms with van der Waals surface area (Å²) in [4.78, 5) is 18.9. The molecule has 6 heteroatoms. The molecule has 2 aromatic heterocycles. The fourth-order valence-electron chi connectivity index (χ4n) is 3.35. The average Bonchev–Trinajstić information content (AvgIpc) is 3.20. The fraction of sp³-hybridized carbons (Fsp3) is 0.353. The van der Waals surface area contributed by atoms with Crippen molar-refractivity contribution in [2.45, 2.75) is 19.4 Å². The fourth-order valence-corrected chi connectivity index (χ4v) is 3.35. The van der Waals surface area contributed by atoms with Crippen LogP contribution in [0, 0.1) is 5.92 Å². The lowest BCUT2D eigenvalue weighted by atomic mass is 9.97. The van der Waals surface area contributed by atoms with Gasteiger partial charge >= 0.3 is 0 Å². The van der Waals surface area contributed by atoms with Gasteiger partial charge in [0.25, 0.3) is 5.91 Å². The molecule has 3 aromatic rings. The standard InChI is InChI=1S/C17H19N5O/c1-21(11-12-6-8-22-9-7-18-15(22)10-12)17(23)16-13-4-2-3-5-14(13)19-20-16/h2-5,7,9,12H,6,8,10-11H2,1H3,(H,19,20)/t12-/m0/s1. The van der Waals surface area contributed by atoms with Crippen molar-refractivity contribution in [1.29, 1.82) is 0 Å². The third-order valence-electron chi connectivity index (χ3n) is 4.60. The number of rotatable bonds is 3. The molecule has 1 aliphatic rings. The first kappa shape index (κ1) is 14.0. The lowest BCUT2D eigenvalue weighted by Gasteiger charge is -2.27. The maximum absolute atomic E-state index is 12.7. The van der Waals surface area contributed by atoms with Crippen LogP contribution in [0.25, 0.3) is 10.9 Å². The molecule has 0 saturated carbocycles. The largest absolute Gasteiger partial charge is 0.340 e. The molecule has 1 aliphatic heterocycles. The summed E-state index contributed by atoms with van der Waals surface area (Å²) in [5.74, 6) is 1.53. The van der Waals surface area contributed by atoms with E-state index in [4.69, 9.17) is 0 Å². The number of aromatic amines is 1. The zero-order chi connectivity index (χ0) is 15.8. The Morgan fingerprint density at radius 2 is 2.30 bits per heavy atom. The predicted octanol–water partition coefficient (Wildman–Crippen LogP) is 2.09. The zero-order valence-corrected chi connectivity index (χ0v) is 13.1. The monoisotopic (exact) mass is 309 g/mol. The lowest BCUT2D eigenvalue weighted by molar-refractivity contribution is 0.0760. The van der Waals surface area contributed by atoms with Crippen molar-refractivity contribution in [1.82, 2.24) is 24.6 Å². The van der Waals surface area contributed by atoms with Crippen molar-refractivity contribution in [3.8, 4) is 0 Å². The minimum Gasteiger partial charge on any atom is -0.340 e. The molecule has 0 fully saturated rings. The Balaban J connectivity index is 1.49. The summed E-state index contributed by atoms with van der Waals surface area (Å²) in [7, 11) is 1.85. The second-order valence-electron chi connectivity index (χ2n) is 6.20. The van der Waals surface area contributed by atoms with Crippen LogP contribution in [0.3, 0.4) is 0 Å². The van der Waals surface area contributed by atoms with Gasteiger partial charge in [-0.2, -0.15) is 5.10 Å². The van der Waals surface area contributed by atoms with Gasteiger partial charge < -0.3 is 9.47 Å². The summed E-state index contributed by atoms with van der Waals surface area (Å²) in [6.45, 7) is 1.71. The highest BCUT2D eigenvalue weighted by molar-refractivity contribution is 6.04. The van der Waals surface area contributed by atoms with E-state index in [1.165, 1.54) is 0 Å². The number of carbonyl (C=O) groups is 1. The van der Waals surface area contributed by atoms with Crippen LogP contribution in [0.1, 0.15) is 22.7 Å². The van der Waals surface area contributed by atoms with E-state index in [2.05, 4.69) is 19.7 Å². The van der Waals surface area contributed by atoms with E-state index in [9.17, 15) is 4.79 Å². The number of para-hydroxylation sites is 1. The number of hydrogen-bond donors (Lipinski definition) is 1. The second kappa shape index (κ2) is 5.53. The Kier molecular flexibility index (Phi) is 3.37. The molecule has 0 unspecified atom stereocenters. The van der Waals surface area contributed by atoms with Gasteiger partial charge in [0.1, 0.15) is 5.82 Å². The highest BCUT2D eigenvalue weighted by Gasteiger charge is 2.24. The van der Waals surface area contributed by atoms with Gasteiger partial charge in [-0.05, 0) is 18.4 Å². The number of imidazole rings is 1. The highest BCUT2D eigenvalue weighted by Crippen LogP contribution is 2.21. The topological polar surface area (TPSA) is 66.8 Å². The molecule has 118 valence electrons. The molecule has 0 saturated heterocycles. The van der Waals surface area contributed by atoms with Crippen molar-refractivity contribution in [3.05, 3.63) is 48.2 Å². The van der Waals surface area contributed by atoms with Gasteiger partial charge in [0, 0.05) is 44.3 Å². The van der Waals surface area contributed by atoms with Crippen molar-refractivity contribution in [2.75, 3.05) is 13.6 Å². The van der Waals surface area contributed by atoms with Crippen LogP contribution in [0.5, 0.6) is 0 Å². The van der Waals surface area contributed by atoms with Crippen LogP contribution < -0.4 is 0 Å². The van der Waals surface area contributed by atoms with Crippen LogP contribution in [-0.2, 0) is 13.0 Å². The number of aryl methyl sites for hydroxylation is 1. The molecule has 1 atom stereocenters. The van der Waals surface area contributed by atoms with Crippen molar-refractivity contribution < 1.29 is 4.79 Å². The van der Waals surface area contributed by atoms with E-state index in [1.807, 2.05) is 43.7 Å². The molecular weight excluding hydrogens is 290 g/mol. The first-order chi connectivity index (χ1) is 11.2. The van der Waals surface area contributed by atoms with E-state index in [0.717, 1.165) is 42.7 Å². The number of amides is 1. The van der Waals surface area contributed by atoms with E-state index >= 15 is 0 Å². The number of aromatic nitrogens is 4. The van der Waals surface area contributed by atoms with E-state index in [-0.39, 0.29) is 5.91 Å². The van der Waals surface area contributed by atoms with E-state index in [0.29, 0.717) is 11.6 Å². The maximum Gasteiger partial charge on any atom is 0.274 e. The molecule has 4 rings (SSSR count). The minimum absolute atomic E-state index is 0.0311. The minimum atomic E-state index is -0.0311. The first-order valence-corrected chi connectivity index (χ1v) is 7.91. The van der Waals surface area contributed by atoms with Gasteiger partial charge in [-0.3, -0.25) is 9.89 Å². The number of nitrogens with zero attached hydrogens (tertiary/aromatic N) is 4. The molecule has 0 spiro atoms. The second-order valence-corrected chi connectivity index (χ2v) is 6.20. The van der Waals surface area contributed by atoms with Gasteiger partial charge in [-0.25, -0.2) is 4.98 Å². The van der Waals surface area contributed by atoms with Gasteiger partial charge in [0.2, 0.25) is 0 Å². The Morgan fingerprint density at radius 1 is 1.43 bits per heavy atom. The molecule has 1 N–H and O–H groups in total. The van der Waals surface area contributed by atoms with E-state index in [1.54, 1.807) is 4.90 Å². The van der Waals surface area contributed by atoms with Crippen LogP contribution in [0.4, 0.5) is 0 Å². The summed E-state index contributed by atoms with van der Waals surface area (Å²) >= 11 is 0. The van der Waals surface area contributed by atoms with Crippen molar-refractivity contribution >= 4 is 16.8 Å². The summed E-state index contributed by atoms with van der Waals surface area (Å²) in [6.07, 6.45) is 5.87. The summed E-state index contributed by atoms with van der Waals surface area (Å²) in [5, 5.41) is 8.01. The van der Waals surface area contributed by atoms with Crippen molar-refractivity contribution in [3.63, 3.8) is 0 Å². The molecule has 6 nitrogen and oxygen atoms in total. The first-order valence-electron chi connectivity index (χ1n) is 7.91. The van der Waals surface area contributed by atoms with Crippen LogP contribution in [-0.4, -0.2) is 44.1 Å². The van der Waals surface area contributed by atoms with Gasteiger partial charge in [0.05, 0.1) is 5.52 Å². The number of hydrogen-bond acceptors (Lipinski definition) is 3. The van der Waals surface area contributed by atoms with Crippen LogP contribution >= 0.6 is 0 Å². The Morgan fingerprint density at radius 3 is 3.22 bits per heavy atom. The quantitative estimate of drug-likeness (QED) is 0.805. The molecule has 23 heavy (non-hydrogen) atoms. The number of carbonyl (C=O) groups excluding carboxylic acids is 1. The van der Waals surface area contributed by atoms with Gasteiger partial charge in [-0.1, -0.05) is 18.2 Å². The molecule has 1 aromatic carbocycles. The number of benzene rings is 1. The molecule has 3 heterocycles.